The molecule has 0 radical (unpaired) electrons. The standard InChI is InChI=1S/C23H23ClF2N4O3S/c1-12(27-22(33)20(31)13-8-15(25)10-16(26)9-13)21(32)28-19-11-18(29-30-19)23(2,3)34-17-6-4-14(24)5-7-17/h4-12,20,31H,1-3H3,(H,27,33)(H2,28,29,30,32). The molecule has 0 saturated heterocycles. The van der Waals surface area contributed by atoms with E-state index >= 15 is 0 Å². The summed E-state index contributed by atoms with van der Waals surface area (Å²) in [6.07, 6.45) is -1.84. The number of nitrogens with one attached hydrogen (secondary N) is 3. The molecule has 11 heteroatoms. The van der Waals surface area contributed by atoms with Gasteiger partial charge in [0.1, 0.15) is 17.7 Å². The number of hydrogen-bond donors (Lipinski definition) is 4. The molecule has 4 N–H and O–H groups in total. The third-order valence-corrected chi connectivity index (χ3v) is 6.36. The van der Waals surface area contributed by atoms with Gasteiger partial charge in [-0.15, -0.1) is 11.8 Å². The first-order valence-corrected chi connectivity index (χ1v) is 11.4. The normalized spacial score (nSPS) is 13.3. The number of benzene rings is 2. The summed E-state index contributed by atoms with van der Waals surface area (Å²) in [5.74, 6) is -3.18. The Morgan fingerprint density at radius 1 is 1.09 bits per heavy atom. The molecule has 0 spiro atoms. The Labute approximate surface area is 204 Å². The number of aliphatic hydroxyl groups excluding tert-OH is 1. The van der Waals surface area contributed by atoms with Crippen LogP contribution in [-0.2, 0) is 14.3 Å². The molecule has 0 aliphatic rings. The maximum absolute atomic E-state index is 13.3. The molecule has 2 aromatic carbocycles. The maximum atomic E-state index is 13.3. The molecule has 34 heavy (non-hydrogen) atoms. The first kappa shape index (κ1) is 25.7. The molecule has 0 saturated carbocycles. The van der Waals surface area contributed by atoms with Crippen LogP contribution in [0.15, 0.2) is 53.4 Å². The average Bonchev–Trinajstić information content (AvgIpc) is 3.23. The van der Waals surface area contributed by atoms with Gasteiger partial charge in [-0.2, -0.15) is 5.10 Å². The first-order valence-electron chi connectivity index (χ1n) is 10.2. The van der Waals surface area contributed by atoms with Gasteiger partial charge < -0.3 is 15.7 Å². The topological polar surface area (TPSA) is 107 Å². The van der Waals surface area contributed by atoms with Crippen molar-refractivity contribution in [3.63, 3.8) is 0 Å². The van der Waals surface area contributed by atoms with Crippen molar-refractivity contribution in [1.82, 2.24) is 15.5 Å². The van der Waals surface area contributed by atoms with Gasteiger partial charge in [0.15, 0.2) is 11.9 Å². The predicted molar refractivity (Wildman–Crippen MR) is 126 cm³/mol. The second-order valence-corrected chi connectivity index (χ2v) is 10.2. The molecule has 2 amide bonds. The average molecular weight is 509 g/mol. The van der Waals surface area contributed by atoms with Gasteiger partial charge in [0.25, 0.3) is 5.91 Å². The van der Waals surface area contributed by atoms with Gasteiger partial charge in [0.2, 0.25) is 5.91 Å². The molecule has 180 valence electrons. The van der Waals surface area contributed by atoms with Crippen LogP contribution in [0.1, 0.15) is 38.1 Å². The Morgan fingerprint density at radius 2 is 1.71 bits per heavy atom. The molecule has 2 unspecified atom stereocenters. The van der Waals surface area contributed by atoms with E-state index in [0.29, 0.717) is 11.1 Å². The quantitative estimate of drug-likeness (QED) is 0.334. The van der Waals surface area contributed by atoms with Gasteiger partial charge in [-0.05, 0) is 62.7 Å². The van der Waals surface area contributed by atoms with Crippen molar-refractivity contribution >= 4 is 41.0 Å². The molecule has 3 aromatic rings. The molecular formula is C23H23ClF2N4O3S. The summed E-state index contributed by atoms with van der Waals surface area (Å²) in [5.41, 5.74) is 0.489. The third kappa shape index (κ3) is 6.55. The summed E-state index contributed by atoms with van der Waals surface area (Å²) in [5, 5.41) is 22.6. The summed E-state index contributed by atoms with van der Waals surface area (Å²) in [6, 6.07) is 10.3. The van der Waals surface area contributed by atoms with Crippen LogP contribution in [0, 0.1) is 11.6 Å². The smallest absolute Gasteiger partial charge is 0.254 e. The fourth-order valence-electron chi connectivity index (χ4n) is 3.02. The molecule has 0 fully saturated rings. The summed E-state index contributed by atoms with van der Waals surface area (Å²) < 4.78 is 26.3. The largest absolute Gasteiger partial charge is 0.378 e. The van der Waals surface area contributed by atoms with Gasteiger partial charge in [-0.1, -0.05) is 11.6 Å². The lowest BCUT2D eigenvalue weighted by molar-refractivity contribution is -0.132. The fourth-order valence-corrected chi connectivity index (χ4v) is 4.23. The molecule has 0 aliphatic heterocycles. The Hall–Kier alpha value is -2.95. The number of nitrogens with zero attached hydrogens (tertiary/aromatic N) is 1. The molecule has 2 atom stereocenters. The number of anilines is 1. The highest BCUT2D eigenvalue weighted by molar-refractivity contribution is 8.00. The summed E-state index contributed by atoms with van der Waals surface area (Å²) in [6.45, 7) is 5.38. The second kappa shape index (κ2) is 10.5. The number of aromatic amines is 1. The van der Waals surface area contributed by atoms with E-state index in [-0.39, 0.29) is 11.4 Å². The highest BCUT2D eigenvalue weighted by Crippen LogP contribution is 2.40. The zero-order valence-electron chi connectivity index (χ0n) is 18.5. The van der Waals surface area contributed by atoms with E-state index in [1.54, 1.807) is 30.0 Å². The molecule has 3 rings (SSSR count). The van der Waals surface area contributed by atoms with Crippen LogP contribution < -0.4 is 10.6 Å². The van der Waals surface area contributed by atoms with E-state index in [1.807, 2.05) is 26.0 Å². The molecule has 0 aliphatic carbocycles. The number of carbonyl (C=O) groups is 2. The van der Waals surface area contributed by atoms with Gasteiger partial charge in [0, 0.05) is 22.1 Å². The zero-order chi connectivity index (χ0) is 25.0. The van der Waals surface area contributed by atoms with Crippen molar-refractivity contribution in [3.8, 4) is 0 Å². The Morgan fingerprint density at radius 3 is 2.32 bits per heavy atom. The van der Waals surface area contributed by atoms with E-state index in [0.717, 1.165) is 22.7 Å². The number of amides is 2. The Bertz CT molecular complexity index is 1170. The van der Waals surface area contributed by atoms with E-state index in [9.17, 15) is 23.5 Å². The number of carbonyl (C=O) groups excluding carboxylic acids is 2. The molecular weight excluding hydrogens is 486 g/mol. The monoisotopic (exact) mass is 508 g/mol. The molecule has 1 heterocycles. The van der Waals surface area contributed by atoms with Crippen molar-refractivity contribution < 1.29 is 23.5 Å². The number of H-pyrrole nitrogens is 1. The van der Waals surface area contributed by atoms with E-state index < -0.39 is 40.3 Å². The van der Waals surface area contributed by atoms with Crippen molar-refractivity contribution in [2.24, 2.45) is 0 Å². The number of rotatable bonds is 8. The lowest BCUT2D eigenvalue weighted by atomic mass is 10.1. The highest BCUT2D eigenvalue weighted by atomic mass is 35.5. The van der Waals surface area contributed by atoms with Gasteiger partial charge in [-0.3, -0.25) is 14.7 Å². The first-order chi connectivity index (χ1) is 15.9. The second-order valence-electron chi connectivity index (χ2n) is 8.06. The highest BCUT2D eigenvalue weighted by Gasteiger charge is 2.27. The number of aromatic nitrogens is 2. The summed E-state index contributed by atoms with van der Waals surface area (Å²) in [7, 11) is 0. The lowest BCUT2D eigenvalue weighted by Crippen LogP contribution is -2.43. The minimum Gasteiger partial charge on any atom is -0.378 e. The van der Waals surface area contributed by atoms with E-state index in [4.69, 9.17) is 11.6 Å². The molecule has 1 aromatic heterocycles. The van der Waals surface area contributed by atoms with Gasteiger partial charge in [0.05, 0.1) is 10.4 Å². The fraction of sp³-hybridized carbons (Fsp3) is 0.261. The van der Waals surface area contributed by atoms with Crippen molar-refractivity contribution in [2.45, 2.75) is 42.6 Å². The van der Waals surface area contributed by atoms with Crippen LogP contribution in [-0.4, -0.2) is 33.2 Å². The van der Waals surface area contributed by atoms with Crippen molar-refractivity contribution in [2.75, 3.05) is 5.32 Å². The number of hydrogen-bond acceptors (Lipinski definition) is 5. The van der Waals surface area contributed by atoms with Crippen LogP contribution >= 0.6 is 23.4 Å². The summed E-state index contributed by atoms with van der Waals surface area (Å²) in [4.78, 5) is 25.7. The number of aliphatic hydroxyl groups is 1. The van der Waals surface area contributed by atoms with Crippen LogP contribution in [0.3, 0.4) is 0 Å². The maximum Gasteiger partial charge on any atom is 0.254 e. The minimum absolute atomic E-state index is 0.249. The van der Waals surface area contributed by atoms with Crippen molar-refractivity contribution in [1.29, 1.82) is 0 Å². The SMILES string of the molecule is CC(NC(=O)C(O)c1cc(F)cc(F)c1)C(=O)Nc1cc(C(C)(C)Sc2ccc(Cl)cc2)[nH]n1. The van der Waals surface area contributed by atoms with E-state index in [2.05, 4.69) is 20.8 Å². The molecule has 7 nitrogen and oxygen atoms in total. The van der Waals surface area contributed by atoms with Crippen molar-refractivity contribution in [3.05, 3.63) is 76.4 Å². The Kier molecular flexibility index (Phi) is 7.96. The van der Waals surface area contributed by atoms with Crippen LogP contribution in [0.5, 0.6) is 0 Å². The van der Waals surface area contributed by atoms with Crippen LogP contribution in [0.4, 0.5) is 14.6 Å². The lowest BCUT2D eigenvalue weighted by Gasteiger charge is -2.22. The summed E-state index contributed by atoms with van der Waals surface area (Å²) >= 11 is 7.51. The molecule has 0 bridgehead atoms. The number of halogens is 3. The van der Waals surface area contributed by atoms with Gasteiger partial charge >= 0.3 is 0 Å². The zero-order valence-corrected chi connectivity index (χ0v) is 20.1. The Balaban J connectivity index is 1.60. The number of thioether (sulfide) groups is 1. The third-order valence-electron chi connectivity index (χ3n) is 4.87. The predicted octanol–water partition coefficient (Wildman–Crippen LogP) is 4.55. The van der Waals surface area contributed by atoms with E-state index in [1.165, 1.54) is 6.92 Å². The van der Waals surface area contributed by atoms with Crippen LogP contribution in [0.2, 0.25) is 5.02 Å². The van der Waals surface area contributed by atoms with Gasteiger partial charge in [-0.25, -0.2) is 8.78 Å². The minimum atomic E-state index is -1.84. The van der Waals surface area contributed by atoms with Crippen LogP contribution in [0.25, 0.3) is 0 Å².